The number of rotatable bonds is 5. The Morgan fingerprint density at radius 2 is 1.96 bits per heavy atom. The number of carbonyl (C=O) groups is 1. The lowest BCUT2D eigenvalue weighted by Crippen LogP contribution is -2.14. The molecular weight excluding hydrogens is 388 g/mol. The molecule has 1 N–H and O–H groups in total. The van der Waals surface area contributed by atoms with Crippen LogP contribution in [0.2, 0.25) is 0 Å². The third kappa shape index (κ3) is 3.47. The Morgan fingerprint density at radius 1 is 1.19 bits per heavy atom. The normalized spacial score (nSPS) is 13.1. The Hall–Kier alpha value is -2.65. The van der Waals surface area contributed by atoms with Crippen LogP contribution in [0, 0.1) is 0 Å². The fourth-order valence-corrected chi connectivity index (χ4v) is 4.51. The predicted octanol–water partition coefficient (Wildman–Crippen LogP) is 3.00. The molecular formula is C18H16N2O5S2. The molecule has 0 aliphatic carbocycles. The molecule has 0 saturated heterocycles. The van der Waals surface area contributed by atoms with Crippen molar-refractivity contribution in [1.29, 1.82) is 0 Å². The molecule has 4 rings (SSSR count). The molecule has 0 radical (unpaired) electrons. The maximum absolute atomic E-state index is 12.3. The molecule has 27 heavy (non-hydrogen) atoms. The number of thiazole rings is 1. The van der Waals surface area contributed by atoms with Crippen molar-refractivity contribution in [3.8, 4) is 11.5 Å². The summed E-state index contributed by atoms with van der Waals surface area (Å²) in [7, 11) is -3.24. The molecule has 0 saturated carbocycles. The molecule has 1 aliphatic rings. The Kier molecular flexibility index (Phi) is 4.48. The summed E-state index contributed by atoms with van der Waals surface area (Å²) in [4.78, 5) is 17.0. The minimum Gasteiger partial charge on any atom is -0.454 e. The lowest BCUT2D eigenvalue weighted by Gasteiger charge is -2.04. The topological polar surface area (TPSA) is 94.6 Å². The van der Waals surface area contributed by atoms with E-state index in [0.717, 1.165) is 10.3 Å². The highest BCUT2D eigenvalue weighted by molar-refractivity contribution is 7.91. The summed E-state index contributed by atoms with van der Waals surface area (Å²) in [5, 5.41) is 3.26. The summed E-state index contributed by atoms with van der Waals surface area (Å²) in [5.41, 5.74) is 1.39. The first-order valence-corrected chi connectivity index (χ1v) is 10.7. The van der Waals surface area contributed by atoms with Crippen molar-refractivity contribution in [3.05, 3.63) is 42.0 Å². The number of nitrogens with one attached hydrogen (secondary N) is 1. The monoisotopic (exact) mass is 404 g/mol. The van der Waals surface area contributed by atoms with E-state index in [1.54, 1.807) is 19.1 Å². The smallest absolute Gasteiger partial charge is 0.231 e. The van der Waals surface area contributed by atoms with E-state index in [2.05, 4.69) is 10.3 Å². The van der Waals surface area contributed by atoms with Gasteiger partial charge in [-0.3, -0.25) is 4.79 Å². The molecule has 0 atom stereocenters. The third-order valence-corrected chi connectivity index (χ3v) is 6.86. The lowest BCUT2D eigenvalue weighted by molar-refractivity contribution is -0.115. The standard InChI is InChI=1S/C18H16N2O5S2/c1-2-27(22,23)12-5-3-11(4-6-12)9-15(21)19-18-20-16-14(26-18)8-7-13-17(16)25-10-24-13/h3-8H,2,9-10H2,1H3,(H,19,20,21). The maximum Gasteiger partial charge on any atom is 0.231 e. The highest BCUT2D eigenvalue weighted by Crippen LogP contribution is 2.41. The number of carbonyl (C=O) groups excluding carboxylic acids is 1. The number of aromatic nitrogens is 1. The van der Waals surface area contributed by atoms with Crippen LogP contribution in [0.3, 0.4) is 0 Å². The van der Waals surface area contributed by atoms with E-state index in [1.807, 2.05) is 12.1 Å². The van der Waals surface area contributed by atoms with Gasteiger partial charge in [0, 0.05) is 0 Å². The number of nitrogens with zero attached hydrogens (tertiary/aromatic N) is 1. The van der Waals surface area contributed by atoms with Gasteiger partial charge in [-0.2, -0.15) is 0 Å². The van der Waals surface area contributed by atoms with Gasteiger partial charge in [-0.05, 0) is 29.8 Å². The Balaban J connectivity index is 1.47. The number of amides is 1. The molecule has 1 amide bonds. The first-order valence-electron chi connectivity index (χ1n) is 8.27. The van der Waals surface area contributed by atoms with Gasteiger partial charge in [0.25, 0.3) is 0 Å². The van der Waals surface area contributed by atoms with Gasteiger partial charge in [-0.25, -0.2) is 13.4 Å². The fraction of sp³-hybridized carbons (Fsp3) is 0.222. The van der Waals surface area contributed by atoms with Gasteiger partial charge in [0.1, 0.15) is 5.52 Å². The minimum absolute atomic E-state index is 0.0445. The van der Waals surface area contributed by atoms with Gasteiger partial charge in [-0.1, -0.05) is 30.4 Å². The van der Waals surface area contributed by atoms with E-state index in [4.69, 9.17) is 9.47 Å². The van der Waals surface area contributed by atoms with Crippen LogP contribution in [-0.4, -0.2) is 31.9 Å². The van der Waals surface area contributed by atoms with Crippen LogP contribution < -0.4 is 14.8 Å². The van der Waals surface area contributed by atoms with E-state index in [-0.39, 0.29) is 29.8 Å². The van der Waals surface area contributed by atoms with E-state index < -0.39 is 9.84 Å². The molecule has 3 aromatic rings. The van der Waals surface area contributed by atoms with E-state index >= 15 is 0 Å². The zero-order chi connectivity index (χ0) is 19.0. The van der Waals surface area contributed by atoms with Crippen LogP contribution in [0.1, 0.15) is 12.5 Å². The summed E-state index contributed by atoms with van der Waals surface area (Å²) in [5.74, 6) is 1.06. The molecule has 0 fully saturated rings. The third-order valence-electron chi connectivity index (χ3n) is 4.17. The highest BCUT2D eigenvalue weighted by atomic mass is 32.2. The van der Waals surface area contributed by atoms with Crippen molar-refractivity contribution in [2.45, 2.75) is 18.2 Å². The molecule has 0 bridgehead atoms. The molecule has 0 unspecified atom stereocenters. The van der Waals surface area contributed by atoms with E-state index in [9.17, 15) is 13.2 Å². The molecule has 7 nitrogen and oxygen atoms in total. The first-order chi connectivity index (χ1) is 13.0. The molecule has 2 aromatic carbocycles. The van der Waals surface area contributed by atoms with Crippen LogP contribution in [-0.2, 0) is 21.1 Å². The van der Waals surface area contributed by atoms with Crippen LogP contribution in [0.25, 0.3) is 10.2 Å². The molecule has 0 spiro atoms. The zero-order valence-corrected chi connectivity index (χ0v) is 16.0. The fourth-order valence-electron chi connectivity index (χ4n) is 2.74. The molecule has 2 heterocycles. The van der Waals surface area contributed by atoms with Crippen LogP contribution >= 0.6 is 11.3 Å². The van der Waals surface area contributed by atoms with Crippen LogP contribution in [0.4, 0.5) is 5.13 Å². The summed E-state index contributed by atoms with van der Waals surface area (Å²) in [6.45, 7) is 1.76. The lowest BCUT2D eigenvalue weighted by atomic mass is 10.1. The number of hydrogen-bond donors (Lipinski definition) is 1. The van der Waals surface area contributed by atoms with Gasteiger partial charge >= 0.3 is 0 Å². The molecule has 1 aliphatic heterocycles. The Morgan fingerprint density at radius 3 is 2.70 bits per heavy atom. The zero-order valence-electron chi connectivity index (χ0n) is 14.4. The average molecular weight is 404 g/mol. The van der Waals surface area contributed by atoms with Crippen molar-refractivity contribution in [1.82, 2.24) is 4.98 Å². The minimum atomic E-state index is -3.24. The van der Waals surface area contributed by atoms with Crippen molar-refractivity contribution in [2.24, 2.45) is 0 Å². The SMILES string of the molecule is CCS(=O)(=O)c1ccc(CC(=O)Nc2nc3c4c(ccc3s2)OCO4)cc1. The largest absolute Gasteiger partial charge is 0.454 e. The first kappa shape index (κ1) is 17.7. The van der Waals surface area contributed by atoms with Gasteiger partial charge < -0.3 is 14.8 Å². The Labute approximate surface area is 159 Å². The summed E-state index contributed by atoms with van der Waals surface area (Å²) in [6.07, 6.45) is 0.125. The number of anilines is 1. The summed E-state index contributed by atoms with van der Waals surface area (Å²) >= 11 is 1.35. The van der Waals surface area contributed by atoms with Crippen molar-refractivity contribution in [3.63, 3.8) is 0 Å². The van der Waals surface area contributed by atoms with Gasteiger partial charge in [0.05, 0.1) is 21.8 Å². The van der Waals surface area contributed by atoms with Gasteiger partial charge in [0.2, 0.25) is 12.7 Å². The predicted molar refractivity (Wildman–Crippen MR) is 102 cm³/mol. The second-order valence-electron chi connectivity index (χ2n) is 5.94. The second-order valence-corrected chi connectivity index (χ2v) is 9.25. The van der Waals surface area contributed by atoms with E-state index in [1.165, 1.54) is 23.5 Å². The quantitative estimate of drug-likeness (QED) is 0.702. The van der Waals surface area contributed by atoms with Gasteiger partial charge in [-0.15, -0.1) is 0 Å². The van der Waals surface area contributed by atoms with Crippen LogP contribution in [0.5, 0.6) is 11.5 Å². The summed E-state index contributed by atoms with van der Waals surface area (Å²) in [6, 6.07) is 10.1. The number of hydrogen-bond acceptors (Lipinski definition) is 7. The number of ether oxygens (including phenoxy) is 2. The van der Waals surface area contributed by atoms with Crippen molar-refractivity contribution < 1.29 is 22.7 Å². The Bertz CT molecular complexity index is 1120. The maximum atomic E-state index is 12.3. The number of sulfone groups is 1. The molecule has 9 heteroatoms. The number of benzene rings is 2. The summed E-state index contributed by atoms with van der Waals surface area (Å²) < 4.78 is 35.3. The average Bonchev–Trinajstić information content (AvgIpc) is 3.27. The molecule has 140 valence electrons. The molecule has 1 aromatic heterocycles. The van der Waals surface area contributed by atoms with Crippen LogP contribution in [0.15, 0.2) is 41.3 Å². The highest BCUT2D eigenvalue weighted by Gasteiger charge is 2.20. The van der Waals surface area contributed by atoms with Gasteiger partial charge in [0.15, 0.2) is 26.5 Å². The number of fused-ring (bicyclic) bond motifs is 3. The second kappa shape index (κ2) is 6.82. The van der Waals surface area contributed by atoms with Crippen molar-refractivity contribution in [2.75, 3.05) is 17.9 Å². The van der Waals surface area contributed by atoms with Crippen molar-refractivity contribution >= 4 is 42.4 Å². The van der Waals surface area contributed by atoms with E-state index in [0.29, 0.717) is 22.1 Å².